The molecule has 0 aliphatic rings. The summed E-state index contributed by atoms with van der Waals surface area (Å²) < 4.78 is 24.3. The molecule has 1 rings (SSSR count). The van der Waals surface area contributed by atoms with Crippen LogP contribution in [0.25, 0.3) is 0 Å². The van der Waals surface area contributed by atoms with Crippen molar-refractivity contribution in [2.24, 2.45) is 0 Å². The van der Waals surface area contributed by atoms with E-state index in [1.54, 1.807) is 12.1 Å². The van der Waals surface area contributed by atoms with Gasteiger partial charge >= 0.3 is 0 Å². The lowest BCUT2D eigenvalue weighted by atomic mass is 9.86. The van der Waals surface area contributed by atoms with E-state index in [0.717, 1.165) is 11.1 Å². The molecule has 0 saturated carbocycles. The van der Waals surface area contributed by atoms with Gasteiger partial charge in [0.1, 0.15) is 6.10 Å². The SMILES string of the molecule is CC(C)(C)c1ccc(CC(O)C(F)F)cc1. The van der Waals surface area contributed by atoms with Gasteiger partial charge in [-0.05, 0) is 16.5 Å². The van der Waals surface area contributed by atoms with Crippen LogP contribution in [0.3, 0.4) is 0 Å². The third-order valence-corrected chi connectivity index (χ3v) is 2.56. The molecule has 0 heterocycles. The number of hydrogen-bond acceptors (Lipinski definition) is 1. The Hall–Kier alpha value is -0.960. The Morgan fingerprint density at radius 2 is 1.62 bits per heavy atom. The highest BCUT2D eigenvalue weighted by molar-refractivity contribution is 5.27. The van der Waals surface area contributed by atoms with Crippen molar-refractivity contribution in [3.63, 3.8) is 0 Å². The van der Waals surface area contributed by atoms with Crippen molar-refractivity contribution in [2.75, 3.05) is 0 Å². The minimum absolute atomic E-state index is 0.00207. The molecule has 3 heteroatoms. The average Bonchev–Trinajstić information content (AvgIpc) is 2.17. The van der Waals surface area contributed by atoms with Gasteiger partial charge in [-0.1, -0.05) is 45.0 Å². The maximum Gasteiger partial charge on any atom is 0.264 e. The summed E-state index contributed by atoms with van der Waals surface area (Å²) in [6.07, 6.45) is -4.25. The van der Waals surface area contributed by atoms with Crippen molar-refractivity contribution in [2.45, 2.75) is 45.1 Å². The molecule has 0 aromatic heterocycles. The fourth-order valence-electron chi connectivity index (χ4n) is 1.47. The first-order valence-electron chi connectivity index (χ1n) is 5.36. The molecule has 1 atom stereocenters. The van der Waals surface area contributed by atoms with E-state index < -0.39 is 12.5 Å². The van der Waals surface area contributed by atoms with Crippen molar-refractivity contribution in [1.29, 1.82) is 0 Å². The van der Waals surface area contributed by atoms with Gasteiger partial charge in [-0.15, -0.1) is 0 Å². The molecule has 0 bridgehead atoms. The largest absolute Gasteiger partial charge is 0.387 e. The number of aliphatic hydroxyl groups excluding tert-OH is 1. The molecule has 0 aliphatic carbocycles. The molecular formula is C13H18F2O. The quantitative estimate of drug-likeness (QED) is 0.842. The van der Waals surface area contributed by atoms with Crippen LogP contribution in [0.2, 0.25) is 0 Å². The minimum atomic E-state index is -2.68. The maximum atomic E-state index is 12.1. The third-order valence-electron chi connectivity index (χ3n) is 2.56. The number of aliphatic hydroxyl groups is 1. The molecule has 0 fully saturated rings. The third kappa shape index (κ3) is 3.56. The van der Waals surface area contributed by atoms with Crippen LogP contribution in [-0.2, 0) is 11.8 Å². The van der Waals surface area contributed by atoms with E-state index in [4.69, 9.17) is 5.11 Å². The summed E-state index contributed by atoms with van der Waals surface area (Å²) in [5.41, 5.74) is 1.95. The Morgan fingerprint density at radius 1 is 1.12 bits per heavy atom. The van der Waals surface area contributed by atoms with Crippen LogP contribution >= 0.6 is 0 Å². The second-order valence-corrected chi connectivity index (χ2v) is 5.05. The van der Waals surface area contributed by atoms with Crippen LogP contribution in [-0.4, -0.2) is 17.6 Å². The predicted molar refractivity (Wildman–Crippen MR) is 60.9 cm³/mol. The Bertz CT molecular complexity index is 325. The van der Waals surface area contributed by atoms with Crippen LogP contribution in [0.15, 0.2) is 24.3 Å². The summed E-state index contributed by atoms with van der Waals surface area (Å²) in [4.78, 5) is 0. The molecule has 16 heavy (non-hydrogen) atoms. The Labute approximate surface area is 95.1 Å². The molecule has 0 radical (unpaired) electrons. The van der Waals surface area contributed by atoms with Crippen LogP contribution < -0.4 is 0 Å². The first-order chi connectivity index (χ1) is 7.30. The van der Waals surface area contributed by atoms with Crippen molar-refractivity contribution >= 4 is 0 Å². The molecule has 1 aromatic rings. The molecule has 0 amide bonds. The summed E-state index contributed by atoms with van der Waals surface area (Å²) in [6.45, 7) is 6.28. The fraction of sp³-hybridized carbons (Fsp3) is 0.538. The van der Waals surface area contributed by atoms with Crippen molar-refractivity contribution in [3.8, 4) is 0 Å². The van der Waals surface area contributed by atoms with Gasteiger partial charge in [-0.3, -0.25) is 0 Å². The zero-order valence-corrected chi connectivity index (χ0v) is 9.87. The van der Waals surface area contributed by atoms with Gasteiger partial charge in [-0.2, -0.15) is 0 Å². The monoisotopic (exact) mass is 228 g/mol. The Morgan fingerprint density at radius 3 is 2.00 bits per heavy atom. The topological polar surface area (TPSA) is 20.2 Å². The number of benzene rings is 1. The van der Waals surface area contributed by atoms with Gasteiger partial charge in [0.05, 0.1) is 0 Å². The van der Waals surface area contributed by atoms with Gasteiger partial charge < -0.3 is 5.11 Å². The van der Waals surface area contributed by atoms with Crippen LogP contribution in [0.5, 0.6) is 0 Å². The first kappa shape index (κ1) is 13.1. The van der Waals surface area contributed by atoms with Gasteiger partial charge in [0, 0.05) is 6.42 Å². The molecular weight excluding hydrogens is 210 g/mol. The predicted octanol–water partition coefficient (Wildman–Crippen LogP) is 3.15. The summed E-state index contributed by atoms with van der Waals surface area (Å²) in [5, 5.41) is 9.06. The van der Waals surface area contributed by atoms with Crippen molar-refractivity contribution in [3.05, 3.63) is 35.4 Å². The highest BCUT2D eigenvalue weighted by Gasteiger charge is 2.18. The van der Waals surface area contributed by atoms with Gasteiger partial charge in [-0.25, -0.2) is 8.78 Å². The zero-order chi connectivity index (χ0) is 12.3. The Kier molecular flexibility index (Phi) is 4.03. The lowest BCUT2D eigenvalue weighted by molar-refractivity contribution is -0.00365. The number of alkyl halides is 2. The summed E-state index contributed by atoms with van der Waals surface area (Å²) >= 11 is 0. The lowest BCUT2D eigenvalue weighted by Gasteiger charge is -2.19. The average molecular weight is 228 g/mol. The van der Waals surface area contributed by atoms with E-state index in [9.17, 15) is 8.78 Å². The standard InChI is InChI=1S/C13H18F2O/c1-13(2,3)10-6-4-9(5-7-10)8-11(16)12(14)15/h4-7,11-12,16H,8H2,1-3H3. The van der Waals surface area contributed by atoms with E-state index in [-0.39, 0.29) is 11.8 Å². The van der Waals surface area contributed by atoms with Gasteiger partial charge in [0.25, 0.3) is 6.43 Å². The lowest BCUT2D eigenvalue weighted by Crippen LogP contribution is -2.20. The Balaban J connectivity index is 2.72. The van der Waals surface area contributed by atoms with Crippen LogP contribution in [0, 0.1) is 0 Å². The summed E-state index contributed by atoms with van der Waals surface area (Å²) in [7, 11) is 0. The smallest absolute Gasteiger partial charge is 0.264 e. The molecule has 1 aromatic carbocycles. The molecule has 90 valence electrons. The maximum absolute atomic E-state index is 12.1. The van der Waals surface area contributed by atoms with Crippen molar-refractivity contribution in [1.82, 2.24) is 0 Å². The fourth-order valence-corrected chi connectivity index (χ4v) is 1.47. The van der Waals surface area contributed by atoms with E-state index >= 15 is 0 Å². The molecule has 0 spiro atoms. The summed E-state index contributed by atoms with van der Waals surface area (Å²) in [5.74, 6) is 0. The number of rotatable bonds is 3. The molecule has 1 nitrogen and oxygen atoms in total. The van der Waals surface area contributed by atoms with Crippen molar-refractivity contribution < 1.29 is 13.9 Å². The first-order valence-corrected chi connectivity index (χ1v) is 5.36. The normalized spacial score (nSPS) is 14.2. The molecule has 0 saturated heterocycles. The summed E-state index contributed by atoms with van der Waals surface area (Å²) in [6, 6.07) is 7.44. The van der Waals surface area contributed by atoms with Crippen LogP contribution in [0.1, 0.15) is 31.9 Å². The second kappa shape index (κ2) is 4.91. The highest BCUT2D eigenvalue weighted by Crippen LogP contribution is 2.22. The second-order valence-electron chi connectivity index (χ2n) is 5.05. The molecule has 0 aliphatic heterocycles. The molecule has 1 unspecified atom stereocenters. The van der Waals surface area contributed by atoms with E-state index in [2.05, 4.69) is 20.8 Å². The van der Waals surface area contributed by atoms with Gasteiger partial charge in [0.2, 0.25) is 0 Å². The zero-order valence-electron chi connectivity index (χ0n) is 9.87. The highest BCUT2D eigenvalue weighted by atomic mass is 19.3. The number of halogens is 2. The molecule has 1 N–H and O–H groups in total. The minimum Gasteiger partial charge on any atom is -0.387 e. The van der Waals surface area contributed by atoms with Crippen LogP contribution in [0.4, 0.5) is 8.78 Å². The van der Waals surface area contributed by atoms with E-state index in [0.29, 0.717) is 0 Å². The number of hydrogen-bond donors (Lipinski definition) is 1. The van der Waals surface area contributed by atoms with Gasteiger partial charge in [0.15, 0.2) is 0 Å². The van der Waals surface area contributed by atoms with E-state index in [1.807, 2.05) is 12.1 Å². The van der Waals surface area contributed by atoms with E-state index in [1.165, 1.54) is 0 Å².